The molecule has 1 unspecified atom stereocenters. The number of hydrogen-bond acceptors (Lipinski definition) is 6. The Morgan fingerprint density at radius 2 is 0.571 bits per heavy atom. The maximum absolute atomic E-state index is 12.8. The first-order valence-corrected chi connectivity index (χ1v) is 27.8. The van der Waals surface area contributed by atoms with Gasteiger partial charge in [0.1, 0.15) is 13.2 Å². The van der Waals surface area contributed by atoms with Crippen LogP contribution in [0.25, 0.3) is 0 Å². The van der Waals surface area contributed by atoms with Crippen LogP contribution in [0.4, 0.5) is 0 Å². The molecule has 0 aromatic carbocycles. The minimum absolute atomic E-state index is 0.116. The molecular formula is C64H100O6. The number of rotatable bonds is 48. The van der Waals surface area contributed by atoms with Gasteiger partial charge in [-0.1, -0.05) is 218 Å². The third-order valence-electron chi connectivity index (χ3n) is 11.0. The second-order valence-corrected chi connectivity index (χ2v) is 17.7. The third kappa shape index (κ3) is 54.2. The molecule has 0 amide bonds. The molecule has 0 aliphatic carbocycles. The monoisotopic (exact) mass is 965 g/mol. The second-order valence-electron chi connectivity index (χ2n) is 17.7. The van der Waals surface area contributed by atoms with Crippen molar-refractivity contribution in [3.05, 3.63) is 146 Å². The average molecular weight is 965 g/mol. The standard InChI is InChI=1S/C64H100O6/c1-4-7-10-13-16-19-22-24-26-28-29-30-31-32-33-34-35-37-38-40-42-45-48-51-54-57-63(66)69-60-61(59-68-62(65)56-53-50-47-44-21-18-15-12-9-6-3)70-64(67)58-55-52-49-46-43-41-39-36-27-25-23-20-17-14-11-8-5-2/h7-8,10-12,15-17,19-20,24-27,29-30,32-33,35,37,39,41,46,49,61H,4-6,9,13-14,18,21-23,28,31,34,36,38,40,42-45,47-48,50-60H2,1-3H3/b10-7-,11-8-,15-12-,19-16-,20-17-,26-24-,27-25-,30-29-,33-32-,37-35-,41-39-,49-46-. The minimum Gasteiger partial charge on any atom is -0.462 e. The summed E-state index contributed by atoms with van der Waals surface area (Å²) in [5.41, 5.74) is 0. The number of allylic oxidation sites excluding steroid dienone is 24. The Balaban J connectivity index is 4.43. The molecule has 6 heteroatoms. The SMILES string of the molecule is CC/C=C\C/C=C\C/C=C\C/C=C\C/C=C\C/C=C\CCCCCCCCC(=O)OCC(COC(=O)CCCCCCC/C=C\CCC)OC(=O)CCC/C=C\C/C=C\C/C=C\C/C=C\C/C=C\CC. The van der Waals surface area contributed by atoms with E-state index in [4.69, 9.17) is 14.2 Å². The topological polar surface area (TPSA) is 78.9 Å². The normalized spacial score (nSPS) is 13.2. The van der Waals surface area contributed by atoms with Gasteiger partial charge in [0.15, 0.2) is 6.10 Å². The Hall–Kier alpha value is -4.71. The fourth-order valence-electron chi connectivity index (χ4n) is 6.95. The van der Waals surface area contributed by atoms with Crippen molar-refractivity contribution in [2.45, 2.75) is 226 Å². The van der Waals surface area contributed by atoms with E-state index >= 15 is 0 Å². The summed E-state index contributed by atoms with van der Waals surface area (Å²) in [6.45, 7) is 6.26. The zero-order valence-corrected chi connectivity index (χ0v) is 44.7. The van der Waals surface area contributed by atoms with E-state index in [0.29, 0.717) is 19.3 Å². The van der Waals surface area contributed by atoms with Crippen molar-refractivity contribution in [2.75, 3.05) is 13.2 Å². The van der Waals surface area contributed by atoms with Crippen LogP contribution in [0.2, 0.25) is 0 Å². The predicted molar refractivity (Wildman–Crippen MR) is 302 cm³/mol. The molecule has 0 saturated carbocycles. The number of ether oxygens (including phenoxy) is 3. The number of hydrogen-bond donors (Lipinski definition) is 0. The van der Waals surface area contributed by atoms with E-state index in [-0.39, 0.29) is 37.5 Å². The molecule has 0 bridgehead atoms. The highest BCUT2D eigenvalue weighted by molar-refractivity contribution is 5.71. The van der Waals surface area contributed by atoms with Gasteiger partial charge in [-0.3, -0.25) is 14.4 Å². The van der Waals surface area contributed by atoms with Crippen LogP contribution in [0.15, 0.2) is 146 Å². The van der Waals surface area contributed by atoms with Crippen LogP contribution in [0.5, 0.6) is 0 Å². The molecule has 0 rings (SSSR count). The molecule has 0 aliphatic rings. The maximum atomic E-state index is 12.8. The molecule has 392 valence electrons. The van der Waals surface area contributed by atoms with E-state index in [1.54, 1.807) is 0 Å². The Labute approximate surface area is 429 Å². The molecule has 0 N–H and O–H groups in total. The van der Waals surface area contributed by atoms with Gasteiger partial charge in [-0.05, 0) is 128 Å². The van der Waals surface area contributed by atoms with Gasteiger partial charge in [-0.2, -0.15) is 0 Å². The summed E-state index contributed by atoms with van der Waals surface area (Å²) in [6.07, 6.45) is 81.3. The summed E-state index contributed by atoms with van der Waals surface area (Å²) in [4.78, 5) is 38.0. The molecule has 0 fully saturated rings. The first-order chi connectivity index (χ1) is 34.5. The third-order valence-corrected chi connectivity index (χ3v) is 11.0. The molecule has 0 aliphatic heterocycles. The largest absolute Gasteiger partial charge is 0.462 e. The maximum Gasteiger partial charge on any atom is 0.306 e. The summed E-state index contributed by atoms with van der Waals surface area (Å²) >= 11 is 0. The molecule has 0 saturated heterocycles. The van der Waals surface area contributed by atoms with Crippen molar-refractivity contribution in [1.29, 1.82) is 0 Å². The summed E-state index contributed by atoms with van der Waals surface area (Å²) in [6, 6.07) is 0. The van der Waals surface area contributed by atoms with Crippen molar-refractivity contribution in [3.8, 4) is 0 Å². The number of unbranched alkanes of at least 4 members (excludes halogenated alkanes) is 13. The van der Waals surface area contributed by atoms with Crippen LogP contribution in [-0.4, -0.2) is 37.2 Å². The summed E-state index contributed by atoms with van der Waals surface area (Å²) in [5, 5.41) is 0. The lowest BCUT2D eigenvalue weighted by molar-refractivity contribution is -0.167. The number of carbonyl (C=O) groups is 3. The van der Waals surface area contributed by atoms with Gasteiger partial charge in [0.25, 0.3) is 0 Å². The van der Waals surface area contributed by atoms with Crippen LogP contribution in [0.1, 0.15) is 220 Å². The van der Waals surface area contributed by atoms with E-state index in [1.807, 2.05) is 0 Å². The van der Waals surface area contributed by atoms with Crippen LogP contribution >= 0.6 is 0 Å². The fourth-order valence-corrected chi connectivity index (χ4v) is 6.95. The minimum atomic E-state index is -0.823. The van der Waals surface area contributed by atoms with Gasteiger partial charge < -0.3 is 14.2 Å². The molecule has 0 radical (unpaired) electrons. The van der Waals surface area contributed by atoms with E-state index in [2.05, 4.69) is 167 Å². The Bertz CT molecular complexity index is 1580. The van der Waals surface area contributed by atoms with Gasteiger partial charge >= 0.3 is 17.9 Å². The van der Waals surface area contributed by atoms with Crippen LogP contribution in [0, 0.1) is 0 Å². The smallest absolute Gasteiger partial charge is 0.306 e. The molecule has 0 heterocycles. The first kappa shape index (κ1) is 65.3. The van der Waals surface area contributed by atoms with Gasteiger partial charge in [-0.25, -0.2) is 0 Å². The summed E-state index contributed by atoms with van der Waals surface area (Å²) in [7, 11) is 0. The van der Waals surface area contributed by atoms with Gasteiger partial charge in [-0.15, -0.1) is 0 Å². The van der Waals surface area contributed by atoms with Gasteiger partial charge in [0, 0.05) is 19.3 Å². The molecule has 70 heavy (non-hydrogen) atoms. The lowest BCUT2D eigenvalue weighted by atomic mass is 10.1. The van der Waals surface area contributed by atoms with Crippen molar-refractivity contribution in [2.24, 2.45) is 0 Å². The number of esters is 3. The zero-order valence-electron chi connectivity index (χ0n) is 44.7. The van der Waals surface area contributed by atoms with Crippen molar-refractivity contribution in [1.82, 2.24) is 0 Å². The predicted octanol–water partition coefficient (Wildman–Crippen LogP) is 18.8. The molecule has 0 spiro atoms. The highest BCUT2D eigenvalue weighted by Gasteiger charge is 2.19. The summed E-state index contributed by atoms with van der Waals surface area (Å²) < 4.78 is 16.7. The van der Waals surface area contributed by atoms with Crippen LogP contribution in [-0.2, 0) is 28.6 Å². The molecule has 6 nitrogen and oxygen atoms in total. The van der Waals surface area contributed by atoms with Crippen molar-refractivity contribution in [3.63, 3.8) is 0 Å². The number of carbonyl (C=O) groups excluding carboxylic acids is 3. The van der Waals surface area contributed by atoms with Crippen molar-refractivity contribution < 1.29 is 28.6 Å². The van der Waals surface area contributed by atoms with E-state index in [1.165, 1.54) is 25.7 Å². The zero-order chi connectivity index (χ0) is 50.7. The van der Waals surface area contributed by atoms with Crippen molar-refractivity contribution >= 4 is 17.9 Å². The van der Waals surface area contributed by atoms with E-state index in [9.17, 15) is 14.4 Å². The highest BCUT2D eigenvalue weighted by atomic mass is 16.6. The Morgan fingerprint density at radius 3 is 0.929 bits per heavy atom. The highest BCUT2D eigenvalue weighted by Crippen LogP contribution is 2.12. The molecular weight excluding hydrogens is 865 g/mol. The summed E-state index contributed by atoms with van der Waals surface area (Å²) in [5.74, 6) is -1.01. The lowest BCUT2D eigenvalue weighted by Crippen LogP contribution is -2.30. The molecule has 0 aromatic heterocycles. The average Bonchev–Trinajstić information content (AvgIpc) is 3.36. The van der Waals surface area contributed by atoms with Gasteiger partial charge in [0.05, 0.1) is 0 Å². The lowest BCUT2D eigenvalue weighted by Gasteiger charge is -2.18. The first-order valence-electron chi connectivity index (χ1n) is 27.8. The second kappa shape index (κ2) is 56.9. The van der Waals surface area contributed by atoms with Gasteiger partial charge in [0.2, 0.25) is 0 Å². The molecule has 0 aromatic rings. The van der Waals surface area contributed by atoms with Crippen LogP contribution < -0.4 is 0 Å². The van der Waals surface area contributed by atoms with Crippen LogP contribution in [0.3, 0.4) is 0 Å². The Kier molecular flexibility index (Phi) is 53.0. The fraction of sp³-hybridized carbons (Fsp3) is 0.578. The molecule has 1 atom stereocenters. The quantitative estimate of drug-likeness (QED) is 0.0262. The van der Waals surface area contributed by atoms with E-state index in [0.717, 1.165) is 148 Å². The Morgan fingerprint density at radius 1 is 0.300 bits per heavy atom. The van der Waals surface area contributed by atoms with E-state index < -0.39 is 6.10 Å².